The van der Waals surface area contributed by atoms with Crippen LogP contribution in [0.2, 0.25) is 5.02 Å². The van der Waals surface area contributed by atoms with E-state index in [0.29, 0.717) is 19.6 Å². The number of fused-ring (bicyclic) bond motifs is 2. The number of aliphatic hydroxyl groups is 1. The highest BCUT2D eigenvalue weighted by Crippen LogP contribution is 2.60. The summed E-state index contributed by atoms with van der Waals surface area (Å²) in [6.45, 7) is 1.05. The molecule has 1 aromatic carbocycles. The van der Waals surface area contributed by atoms with Crippen LogP contribution in [0.25, 0.3) is 0 Å². The molecule has 1 saturated heterocycles. The molecule has 3 aliphatic rings. The lowest BCUT2D eigenvalue weighted by atomic mass is 9.67. The van der Waals surface area contributed by atoms with E-state index in [1.165, 1.54) is 0 Å². The second-order valence-electron chi connectivity index (χ2n) is 6.98. The zero-order valence-corrected chi connectivity index (χ0v) is 13.4. The van der Waals surface area contributed by atoms with Gasteiger partial charge in [0.05, 0.1) is 13.2 Å². The average molecular weight is 345 g/mol. The predicted octanol–water partition coefficient (Wildman–Crippen LogP) is 3.75. The normalized spacial score (nSPS) is 35.3. The fourth-order valence-corrected chi connectivity index (χ4v) is 5.14. The van der Waals surface area contributed by atoms with Crippen molar-refractivity contribution in [3.8, 4) is 0 Å². The maximum atomic E-state index is 13.7. The molecule has 2 atom stereocenters. The lowest BCUT2D eigenvalue weighted by Gasteiger charge is -2.44. The van der Waals surface area contributed by atoms with Gasteiger partial charge in [0.25, 0.3) is 6.43 Å². The summed E-state index contributed by atoms with van der Waals surface area (Å²) in [6, 6.07) is 5.14. The highest BCUT2D eigenvalue weighted by molar-refractivity contribution is 6.31. The fourth-order valence-electron chi connectivity index (χ4n) is 4.80. The standard InChI is InChI=1S/C17H19ClF2O3/c18-12-4-1-3-11-13(12)17(21,14(19)20)10-15(11)5-2-6-16(9-15)22-7-8-23-16/h1,3-4,14,21H,2,5-10H2/t15-,17?/m0/s1. The largest absolute Gasteiger partial charge is 0.379 e. The average Bonchev–Trinajstić information content (AvgIpc) is 3.03. The molecule has 2 aliphatic carbocycles. The Morgan fingerprint density at radius 1 is 1.13 bits per heavy atom. The van der Waals surface area contributed by atoms with Crippen LogP contribution in [0, 0.1) is 0 Å². The molecule has 1 unspecified atom stereocenters. The van der Waals surface area contributed by atoms with Crippen LogP contribution in [-0.2, 0) is 20.5 Å². The first-order valence-electron chi connectivity index (χ1n) is 7.99. The molecule has 3 nitrogen and oxygen atoms in total. The van der Waals surface area contributed by atoms with Crippen LogP contribution in [0.5, 0.6) is 0 Å². The van der Waals surface area contributed by atoms with Crippen LogP contribution in [0.1, 0.15) is 43.2 Å². The van der Waals surface area contributed by atoms with E-state index < -0.39 is 23.2 Å². The SMILES string of the molecule is OC1(C(F)F)C[C@@]2(CCCC3(C2)OCCO3)c2cccc(Cl)c21. The van der Waals surface area contributed by atoms with Crippen molar-refractivity contribution in [2.75, 3.05) is 13.2 Å². The molecule has 1 aliphatic heterocycles. The molecule has 1 saturated carbocycles. The Kier molecular flexibility index (Phi) is 3.51. The second kappa shape index (κ2) is 5.12. The third kappa shape index (κ3) is 2.17. The summed E-state index contributed by atoms with van der Waals surface area (Å²) in [7, 11) is 0. The predicted molar refractivity (Wildman–Crippen MR) is 80.8 cm³/mol. The van der Waals surface area contributed by atoms with E-state index in [4.69, 9.17) is 21.1 Å². The van der Waals surface area contributed by atoms with Gasteiger partial charge in [-0.05, 0) is 30.9 Å². The molecule has 2 spiro atoms. The minimum absolute atomic E-state index is 0.0365. The van der Waals surface area contributed by atoms with E-state index in [1.54, 1.807) is 12.1 Å². The Labute approximate surface area is 138 Å². The van der Waals surface area contributed by atoms with Crippen molar-refractivity contribution in [3.63, 3.8) is 0 Å². The smallest absolute Gasteiger partial charge is 0.271 e. The van der Waals surface area contributed by atoms with Gasteiger partial charge < -0.3 is 14.6 Å². The van der Waals surface area contributed by atoms with E-state index >= 15 is 0 Å². The number of halogens is 3. The molecule has 1 heterocycles. The summed E-state index contributed by atoms with van der Waals surface area (Å²) in [5.41, 5.74) is -1.86. The first-order valence-corrected chi connectivity index (χ1v) is 8.37. The third-order valence-electron chi connectivity index (χ3n) is 5.62. The van der Waals surface area contributed by atoms with Gasteiger partial charge in [0.1, 0.15) is 0 Å². The van der Waals surface area contributed by atoms with E-state index in [0.717, 1.165) is 24.8 Å². The maximum absolute atomic E-state index is 13.7. The molecule has 1 aromatic rings. The Morgan fingerprint density at radius 2 is 1.87 bits per heavy atom. The summed E-state index contributed by atoms with van der Waals surface area (Å²) >= 11 is 6.20. The maximum Gasteiger partial charge on any atom is 0.271 e. The number of hydrogen-bond donors (Lipinski definition) is 1. The van der Waals surface area contributed by atoms with Gasteiger partial charge in [-0.25, -0.2) is 8.78 Å². The summed E-state index contributed by atoms with van der Waals surface area (Å²) in [4.78, 5) is 0. The first kappa shape index (κ1) is 15.8. The molecule has 1 N–H and O–H groups in total. The molecule has 0 amide bonds. The van der Waals surface area contributed by atoms with Crippen LogP contribution in [0.15, 0.2) is 18.2 Å². The van der Waals surface area contributed by atoms with Gasteiger partial charge >= 0.3 is 0 Å². The van der Waals surface area contributed by atoms with Crippen molar-refractivity contribution >= 4 is 11.6 Å². The van der Waals surface area contributed by atoms with Crippen molar-refractivity contribution in [3.05, 3.63) is 34.3 Å². The second-order valence-corrected chi connectivity index (χ2v) is 7.39. The Balaban J connectivity index is 1.83. The van der Waals surface area contributed by atoms with Crippen molar-refractivity contribution in [2.45, 2.75) is 55.3 Å². The molecule has 4 rings (SSSR count). The van der Waals surface area contributed by atoms with Gasteiger partial charge in [-0.3, -0.25) is 0 Å². The molecule has 0 bridgehead atoms. The fraction of sp³-hybridized carbons (Fsp3) is 0.647. The van der Waals surface area contributed by atoms with E-state index in [1.807, 2.05) is 6.07 Å². The van der Waals surface area contributed by atoms with Crippen molar-refractivity contribution in [1.29, 1.82) is 0 Å². The van der Waals surface area contributed by atoms with Gasteiger partial charge in [-0.1, -0.05) is 23.7 Å². The van der Waals surface area contributed by atoms with E-state index in [-0.39, 0.29) is 17.0 Å². The molecular weight excluding hydrogens is 326 g/mol. The van der Waals surface area contributed by atoms with Gasteiger partial charge in [0.2, 0.25) is 0 Å². The Bertz CT molecular complexity index is 632. The number of ether oxygens (including phenoxy) is 2. The van der Waals surface area contributed by atoms with Gasteiger partial charge in [0, 0.05) is 28.8 Å². The minimum Gasteiger partial charge on any atom is -0.379 e. The minimum atomic E-state index is -2.89. The number of alkyl halides is 2. The highest BCUT2D eigenvalue weighted by Gasteiger charge is 2.61. The molecule has 0 radical (unpaired) electrons. The monoisotopic (exact) mass is 344 g/mol. The Hall–Kier alpha value is -0.750. The van der Waals surface area contributed by atoms with Gasteiger partial charge in [-0.2, -0.15) is 0 Å². The molecule has 126 valence electrons. The number of rotatable bonds is 1. The van der Waals surface area contributed by atoms with Crippen LogP contribution in [0.3, 0.4) is 0 Å². The molecular formula is C17H19ClF2O3. The van der Waals surface area contributed by atoms with Crippen molar-refractivity contribution in [2.24, 2.45) is 0 Å². The van der Waals surface area contributed by atoms with Crippen LogP contribution < -0.4 is 0 Å². The van der Waals surface area contributed by atoms with Crippen molar-refractivity contribution in [1.82, 2.24) is 0 Å². The number of benzene rings is 1. The molecule has 6 heteroatoms. The van der Waals surface area contributed by atoms with E-state index in [2.05, 4.69) is 0 Å². The quantitative estimate of drug-likeness (QED) is 0.843. The summed E-state index contributed by atoms with van der Waals surface area (Å²) in [5.74, 6) is -0.703. The molecule has 2 fully saturated rings. The zero-order valence-electron chi connectivity index (χ0n) is 12.7. The van der Waals surface area contributed by atoms with Crippen LogP contribution >= 0.6 is 11.6 Å². The zero-order chi connectivity index (χ0) is 16.3. The number of hydrogen-bond acceptors (Lipinski definition) is 3. The first-order chi connectivity index (χ1) is 10.9. The summed E-state index contributed by atoms with van der Waals surface area (Å²) in [5, 5.41) is 10.9. The van der Waals surface area contributed by atoms with Gasteiger partial charge in [-0.15, -0.1) is 0 Å². The van der Waals surface area contributed by atoms with Gasteiger partial charge in [0.15, 0.2) is 11.4 Å². The summed E-state index contributed by atoms with van der Waals surface area (Å²) in [6.07, 6.45) is -0.135. The summed E-state index contributed by atoms with van der Waals surface area (Å²) < 4.78 is 39.1. The third-order valence-corrected chi connectivity index (χ3v) is 5.94. The lowest BCUT2D eigenvalue weighted by Crippen LogP contribution is -2.45. The van der Waals surface area contributed by atoms with E-state index in [9.17, 15) is 13.9 Å². The van der Waals surface area contributed by atoms with Crippen LogP contribution in [-0.4, -0.2) is 30.5 Å². The lowest BCUT2D eigenvalue weighted by molar-refractivity contribution is -0.198. The van der Waals surface area contributed by atoms with Crippen molar-refractivity contribution < 1.29 is 23.4 Å². The highest BCUT2D eigenvalue weighted by atomic mass is 35.5. The Morgan fingerprint density at radius 3 is 2.57 bits per heavy atom. The molecule has 0 aromatic heterocycles. The van der Waals surface area contributed by atoms with Crippen LogP contribution in [0.4, 0.5) is 8.78 Å². The topological polar surface area (TPSA) is 38.7 Å². The molecule has 23 heavy (non-hydrogen) atoms.